The zero-order chi connectivity index (χ0) is 20.9. The summed E-state index contributed by atoms with van der Waals surface area (Å²) in [6.07, 6.45) is 0. The van der Waals surface area contributed by atoms with Crippen LogP contribution in [0.25, 0.3) is 45.3 Å². The fourth-order valence-corrected chi connectivity index (χ4v) is 4.09. The highest BCUT2D eigenvalue weighted by atomic mass is 35.5. The van der Waals surface area contributed by atoms with Crippen LogP contribution in [0.5, 0.6) is 0 Å². The van der Waals surface area contributed by atoms with E-state index in [1.807, 2.05) is 49.4 Å². The van der Waals surface area contributed by atoms with Crippen molar-refractivity contribution in [2.45, 2.75) is 13.5 Å². The molecule has 8 heteroatoms. The van der Waals surface area contributed by atoms with Crippen LogP contribution in [-0.2, 0) is 6.54 Å². The molecule has 0 radical (unpaired) electrons. The molecule has 2 aromatic carbocycles. The fourth-order valence-electron chi connectivity index (χ4n) is 3.99. The van der Waals surface area contributed by atoms with Crippen molar-refractivity contribution in [3.05, 3.63) is 77.1 Å². The summed E-state index contributed by atoms with van der Waals surface area (Å²) in [6.45, 7) is 2.58. The summed E-state index contributed by atoms with van der Waals surface area (Å²) in [5, 5.41) is 21.8. The highest BCUT2D eigenvalue weighted by Gasteiger charge is 2.29. The van der Waals surface area contributed by atoms with Gasteiger partial charge in [0.15, 0.2) is 16.8 Å². The van der Waals surface area contributed by atoms with Crippen molar-refractivity contribution in [1.82, 2.24) is 30.1 Å². The maximum atomic E-state index is 5.87. The highest BCUT2D eigenvalue weighted by Crippen LogP contribution is 2.39. The molecule has 150 valence electrons. The predicted molar refractivity (Wildman–Crippen MR) is 116 cm³/mol. The van der Waals surface area contributed by atoms with E-state index in [0.717, 1.165) is 45.3 Å². The largest absolute Gasteiger partial charge is 0.360 e. The van der Waals surface area contributed by atoms with Crippen LogP contribution in [-0.4, -0.2) is 30.1 Å². The molecule has 1 aliphatic heterocycles. The first-order valence-electron chi connectivity index (χ1n) is 9.77. The lowest BCUT2D eigenvalue weighted by atomic mass is 10.0. The number of rotatable bonds is 3. The SMILES string of the molecule is Cc1onc(-c2ccccc2)c1-c1nnc2n1Cc1ccc(-c3ccc(Cl)nn3)cc1-2. The first-order chi connectivity index (χ1) is 15.2. The van der Waals surface area contributed by atoms with E-state index >= 15 is 0 Å². The van der Waals surface area contributed by atoms with Gasteiger partial charge in [0.05, 0.1) is 17.8 Å². The van der Waals surface area contributed by atoms with Crippen LogP contribution in [0.2, 0.25) is 5.15 Å². The molecule has 0 N–H and O–H groups in total. The average Bonchev–Trinajstić information content (AvgIpc) is 3.48. The predicted octanol–water partition coefficient (Wildman–Crippen LogP) is 5.05. The number of halogens is 1. The minimum atomic E-state index is 0.368. The molecule has 0 spiro atoms. The molecule has 0 amide bonds. The summed E-state index contributed by atoms with van der Waals surface area (Å²) >= 11 is 5.87. The molecule has 0 atom stereocenters. The van der Waals surface area contributed by atoms with Gasteiger partial charge in [0.1, 0.15) is 11.5 Å². The number of hydrogen-bond donors (Lipinski definition) is 0. The lowest BCUT2D eigenvalue weighted by Crippen LogP contribution is -1.98. The second-order valence-electron chi connectivity index (χ2n) is 7.37. The number of nitrogens with zero attached hydrogens (tertiary/aromatic N) is 6. The minimum Gasteiger partial charge on any atom is -0.360 e. The van der Waals surface area contributed by atoms with Crippen LogP contribution < -0.4 is 0 Å². The molecule has 0 unspecified atom stereocenters. The summed E-state index contributed by atoms with van der Waals surface area (Å²) in [5.41, 5.74) is 6.52. The van der Waals surface area contributed by atoms with Crippen LogP contribution in [0.3, 0.4) is 0 Å². The highest BCUT2D eigenvalue weighted by molar-refractivity contribution is 6.29. The number of fused-ring (bicyclic) bond motifs is 3. The van der Waals surface area contributed by atoms with Gasteiger partial charge in [-0.15, -0.1) is 20.4 Å². The molecule has 4 heterocycles. The Morgan fingerprint density at radius 1 is 0.871 bits per heavy atom. The zero-order valence-corrected chi connectivity index (χ0v) is 17.2. The smallest absolute Gasteiger partial charge is 0.170 e. The second kappa shape index (κ2) is 6.85. The van der Waals surface area contributed by atoms with E-state index in [1.54, 1.807) is 6.07 Å². The average molecular weight is 427 g/mol. The molecule has 0 aliphatic carbocycles. The monoisotopic (exact) mass is 426 g/mol. The van der Waals surface area contributed by atoms with Gasteiger partial charge in [-0.2, -0.15) is 0 Å². The van der Waals surface area contributed by atoms with Gasteiger partial charge in [0.2, 0.25) is 0 Å². The standard InChI is InChI=1S/C23H15ClN6O/c1-13-20(21(29-31-13)14-5-3-2-4-6-14)23-28-27-22-17-11-15(7-8-16(17)12-30(22)23)18-9-10-19(24)26-25-18/h2-11H,12H2,1H3. The molecule has 5 aromatic rings. The Bertz CT molecular complexity index is 1420. The van der Waals surface area contributed by atoms with Crippen LogP contribution >= 0.6 is 11.6 Å². The molecular weight excluding hydrogens is 412 g/mol. The van der Waals surface area contributed by atoms with Gasteiger partial charge in [-0.3, -0.25) is 0 Å². The number of hydrogen-bond acceptors (Lipinski definition) is 6. The van der Waals surface area contributed by atoms with Gasteiger partial charge in [0, 0.05) is 16.7 Å². The molecule has 6 rings (SSSR count). The molecule has 31 heavy (non-hydrogen) atoms. The maximum Gasteiger partial charge on any atom is 0.170 e. The van der Waals surface area contributed by atoms with Crippen molar-refractivity contribution in [3.8, 4) is 45.3 Å². The van der Waals surface area contributed by atoms with Crippen molar-refractivity contribution >= 4 is 11.6 Å². The first-order valence-corrected chi connectivity index (χ1v) is 10.1. The Morgan fingerprint density at radius 3 is 2.52 bits per heavy atom. The molecule has 0 bridgehead atoms. The number of benzene rings is 2. The van der Waals surface area contributed by atoms with Crippen LogP contribution in [0.15, 0.2) is 65.2 Å². The Kier molecular flexibility index (Phi) is 3.97. The van der Waals surface area contributed by atoms with E-state index in [-0.39, 0.29) is 0 Å². The quantitative estimate of drug-likeness (QED) is 0.394. The Labute approximate surface area is 182 Å². The molecule has 7 nitrogen and oxygen atoms in total. The van der Waals surface area contributed by atoms with Crippen molar-refractivity contribution in [3.63, 3.8) is 0 Å². The Morgan fingerprint density at radius 2 is 1.71 bits per heavy atom. The van der Waals surface area contributed by atoms with E-state index in [0.29, 0.717) is 17.5 Å². The minimum absolute atomic E-state index is 0.368. The summed E-state index contributed by atoms with van der Waals surface area (Å²) in [4.78, 5) is 0. The van der Waals surface area contributed by atoms with E-state index in [1.165, 1.54) is 5.56 Å². The normalized spacial score (nSPS) is 12.1. The van der Waals surface area contributed by atoms with Crippen LogP contribution in [0.1, 0.15) is 11.3 Å². The number of aryl methyl sites for hydroxylation is 1. The Hall–Kier alpha value is -3.84. The molecule has 1 aliphatic rings. The third-order valence-corrected chi connectivity index (χ3v) is 5.69. The van der Waals surface area contributed by atoms with E-state index in [2.05, 4.69) is 42.3 Å². The van der Waals surface area contributed by atoms with E-state index in [4.69, 9.17) is 16.1 Å². The van der Waals surface area contributed by atoms with Crippen LogP contribution in [0.4, 0.5) is 0 Å². The van der Waals surface area contributed by atoms with E-state index < -0.39 is 0 Å². The first kappa shape index (κ1) is 18.0. The topological polar surface area (TPSA) is 82.5 Å². The lowest BCUT2D eigenvalue weighted by Gasteiger charge is -2.04. The van der Waals surface area contributed by atoms with Crippen molar-refractivity contribution < 1.29 is 4.52 Å². The summed E-state index contributed by atoms with van der Waals surface area (Å²) in [6, 6.07) is 19.8. The zero-order valence-electron chi connectivity index (χ0n) is 16.5. The van der Waals surface area contributed by atoms with Gasteiger partial charge in [-0.05, 0) is 30.7 Å². The van der Waals surface area contributed by atoms with Gasteiger partial charge in [-0.1, -0.05) is 59.2 Å². The second-order valence-corrected chi connectivity index (χ2v) is 7.76. The fraction of sp³-hybridized carbons (Fsp3) is 0.0870. The lowest BCUT2D eigenvalue weighted by molar-refractivity contribution is 0.400. The maximum absolute atomic E-state index is 5.87. The van der Waals surface area contributed by atoms with Crippen LogP contribution in [0, 0.1) is 6.92 Å². The summed E-state index contributed by atoms with van der Waals surface area (Å²) in [5.74, 6) is 2.27. The van der Waals surface area contributed by atoms with Gasteiger partial charge in [-0.25, -0.2) is 0 Å². The molecule has 0 saturated heterocycles. The van der Waals surface area contributed by atoms with Gasteiger partial charge < -0.3 is 9.09 Å². The van der Waals surface area contributed by atoms with Crippen molar-refractivity contribution in [2.24, 2.45) is 0 Å². The van der Waals surface area contributed by atoms with Gasteiger partial charge in [0.25, 0.3) is 0 Å². The summed E-state index contributed by atoms with van der Waals surface area (Å²) < 4.78 is 7.65. The third-order valence-electron chi connectivity index (χ3n) is 5.49. The molecule has 0 saturated carbocycles. The molecule has 3 aromatic heterocycles. The summed E-state index contributed by atoms with van der Waals surface area (Å²) in [7, 11) is 0. The van der Waals surface area contributed by atoms with Crippen molar-refractivity contribution in [2.75, 3.05) is 0 Å². The van der Waals surface area contributed by atoms with Crippen molar-refractivity contribution in [1.29, 1.82) is 0 Å². The van der Waals surface area contributed by atoms with E-state index in [9.17, 15) is 0 Å². The number of aromatic nitrogens is 6. The van der Waals surface area contributed by atoms with Gasteiger partial charge >= 0.3 is 0 Å². The third kappa shape index (κ3) is 2.85. The Balaban J connectivity index is 1.46. The molecular formula is C23H15ClN6O. The molecule has 0 fully saturated rings.